The number of carbonyl (C=O) groups is 1. The predicted molar refractivity (Wildman–Crippen MR) is 66.7 cm³/mol. The minimum atomic E-state index is -1.14. The lowest BCUT2D eigenvalue weighted by Crippen LogP contribution is -2.14. The van der Waals surface area contributed by atoms with Crippen molar-refractivity contribution in [3.8, 4) is 0 Å². The first kappa shape index (κ1) is 13.6. The van der Waals surface area contributed by atoms with Gasteiger partial charge in [-0.05, 0) is 12.5 Å². The summed E-state index contributed by atoms with van der Waals surface area (Å²) in [6, 6.07) is 5.91. The highest BCUT2D eigenvalue weighted by Gasteiger charge is 2.13. The van der Waals surface area contributed by atoms with Crippen LogP contribution in [-0.4, -0.2) is 21.7 Å². The summed E-state index contributed by atoms with van der Waals surface area (Å²) in [5, 5.41) is 23.3. The number of hydrogen-bond acceptors (Lipinski definition) is 5. The number of hydrogen-bond donors (Lipinski definition) is 2. The van der Waals surface area contributed by atoms with Gasteiger partial charge in [-0.3, -0.25) is 15.5 Å². The van der Waals surface area contributed by atoms with E-state index in [0.717, 1.165) is 0 Å². The first-order chi connectivity index (χ1) is 8.56. The average Bonchev–Trinajstić information content (AvgIpc) is 2.34. The number of hydrazone groups is 1. The normalized spacial score (nSPS) is 11.1. The van der Waals surface area contributed by atoms with Gasteiger partial charge in [0, 0.05) is 6.07 Å². The third kappa shape index (κ3) is 3.55. The Morgan fingerprint density at radius 2 is 2.17 bits per heavy atom. The molecule has 2 N–H and O–H groups in total. The Morgan fingerprint density at radius 1 is 1.50 bits per heavy atom. The molecule has 0 saturated carbocycles. The van der Waals surface area contributed by atoms with Crippen molar-refractivity contribution in [2.45, 2.75) is 19.8 Å². The average molecular weight is 251 g/mol. The zero-order chi connectivity index (χ0) is 13.5. The fraction of sp³-hybridized carbons (Fsp3) is 0.273. The van der Waals surface area contributed by atoms with Crippen LogP contribution in [0.3, 0.4) is 0 Å². The van der Waals surface area contributed by atoms with Gasteiger partial charge in [0.1, 0.15) is 11.4 Å². The van der Waals surface area contributed by atoms with Gasteiger partial charge in [-0.1, -0.05) is 25.5 Å². The molecule has 1 rings (SSSR count). The van der Waals surface area contributed by atoms with E-state index in [1.807, 2.05) is 6.92 Å². The second-order valence-electron chi connectivity index (χ2n) is 3.50. The van der Waals surface area contributed by atoms with Gasteiger partial charge in [0.2, 0.25) is 0 Å². The zero-order valence-corrected chi connectivity index (χ0v) is 9.79. The third-order valence-electron chi connectivity index (χ3n) is 2.15. The second kappa shape index (κ2) is 6.33. The standard InChI is InChI=1S/C11H13N3O4/c1-2-5-9(11(15)16)13-12-8-6-3-4-7-10(8)14(17)18/h3-4,6-7,12H,2,5H2,1H3,(H,15,16). The monoisotopic (exact) mass is 251 g/mol. The Balaban J connectivity index is 2.93. The quantitative estimate of drug-likeness (QED) is 0.458. The third-order valence-corrected chi connectivity index (χ3v) is 2.15. The van der Waals surface area contributed by atoms with Gasteiger partial charge in [-0.15, -0.1) is 0 Å². The largest absolute Gasteiger partial charge is 0.477 e. The van der Waals surface area contributed by atoms with Crippen LogP contribution in [0, 0.1) is 10.1 Å². The molecule has 96 valence electrons. The maximum atomic E-state index is 10.8. The van der Waals surface area contributed by atoms with E-state index in [-0.39, 0.29) is 17.1 Å². The number of aliphatic carboxylic acids is 1. The van der Waals surface area contributed by atoms with Crippen LogP contribution in [0.4, 0.5) is 11.4 Å². The fourth-order valence-corrected chi connectivity index (χ4v) is 1.30. The Morgan fingerprint density at radius 3 is 2.72 bits per heavy atom. The van der Waals surface area contributed by atoms with E-state index in [2.05, 4.69) is 10.5 Å². The lowest BCUT2D eigenvalue weighted by atomic mass is 10.2. The first-order valence-electron chi connectivity index (χ1n) is 5.35. The van der Waals surface area contributed by atoms with Gasteiger partial charge in [-0.2, -0.15) is 5.10 Å². The van der Waals surface area contributed by atoms with Crippen molar-refractivity contribution in [2.75, 3.05) is 5.43 Å². The molecule has 7 nitrogen and oxygen atoms in total. The second-order valence-corrected chi connectivity index (χ2v) is 3.50. The summed E-state index contributed by atoms with van der Waals surface area (Å²) in [5.41, 5.74) is 2.38. The smallest absolute Gasteiger partial charge is 0.352 e. The van der Waals surface area contributed by atoms with Crippen LogP contribution >= 0.6 is 0 Å². The van der Waals surface area contributed by atoms with E-state index in [9.17, 15) is 14.9 Å². The number of para-hydroxylation sites is 2. The summed E-state index contributed by atoms with van der Waals surface area (Å²) < 4.78 is 0. The predicted octanol–water partition coefficient (Wildman–Crippen LogP) is 2.25. The van der Waals surface area contributed by atoms with Crippen molar-refractivity contribution >= 4 is 23.1 Å². The van der Waals surface area contributed by atoms with Crippen molar-refractivity contribution in [3.05, 3.63) is 34.4 Å². The summed E-state index contributed by atoms with van der Waals surface area (Å²) in [5.74, 6) is -1.14. The Bertz CT molecular complexity index is 485. The number of carboxylic acid groups (broad SMARTS) is 1. The van der Waals surface area contributed by atoms with Crippen molar-refractivity contribution in [2.24, 2.45) is 5.10 Å². The molecule has 0 atom stereocenters. The zero-order valence-electron chi connectivity index (χ0n) is 9.79. The van der Waals surface area contributed by atoms with Crippen LogP contribution in [0.2, 0.25) is 0 Å². The molecule has 0 heterocycles. The summed E-state index contributed by atoms with van der Waals surface area (Å²) in [6.07, 6.45) is 0.923. The lowest BCUT2D eigenvalue weighted by molar-refractivity contribution is -0.384. The van der Waals surface area contributed by atoms with Gasteiger partial charge in [-0.25, -0.2) is 4.79 Å². The molecular weight excluding hydrogens is 238 g/mol. The Labute approximate surface area is 103 Å². The molecule has 0 radical (unpaired) electrons. The molecule has 7 heteroatoms. The molecule has 1 aromatic carbocycles. The summed E-state index contributed by atoms with van der Waals surface area (Å²) in [4.78, 5) is 21.0. The van der Waals surface area contributed by atoms with Gasteiger partial charge in [0.15, 0.2) is 0 Å². The van der Waals surface area contributed by atoms with E-state index >= 15 is 0 Å². The van der Waals surface area contributed by atoms with E-state index < -0.39 is 10.9 Å². The van der Waals surface area contributed by atoms with Crippen LogP contribution in [-0.2, 0) is 4.79 Å². The highest BCUT2D eigenvalue weighted by Crippen LogP contribution is 2.23. The topological polar surface area (TPSA) is 105 Å². The number of nitrogens with zero attached hydrogens (tertiary/aromatic N) is 2. The van der Waals surface area contributed by atoms with Gasteiger partial charge in [0.25, 0.3) is 5.69 Å². The highest BCUT2D eigenvalue weighted by molar-refractivity contribution is 6.35. The molecule has 1 aromatic rings. The SMILES string of the molecule is CCCC(=NNc1ccccc1[N+](=O)[O-])C(=O)O. The molecule has 0 aliphatic carbocycles. The molecule has 0 aliphatic rings. The molecule has 0 spiro atoms. The van der Waals surface area contributed by atoms with Crippen molar-refractivity contribution in [1.29, 1.82) is 0 Å². The number of nitro benzene ring substituents is 1. The van der Waals surface area contributed by atoms with Crippen molar-refractivity contribution in [3.63, 3.8) is 0 Å². The molecule has 0 unspecified atom stereocenters. The molecule has 0 fully saturated rings. The molecular formula is C11H13N3O4. The molecule has 0 aliphatic heterocycles. The molecule has 18 heavy (non-hydrogen) atoms. The maximum Gasteiger partial charge on any atom is 0.352 e. The molecule has 0 bridgehead atoms. The van der Waals surface area contributed by atoms with Crippen molar-refractivity contribution in [1.82, 2.24) is 0 Å². The molecule has 0 amide bonds. The summed E-state index contributed by atoms with van der Waals surface area (Å²) >= 11 is 0. The first-order valence-corrected chi connectivity index (χ1v) is 5.35. The number of rotatable bonds is 6. The van der Waals surface area contributed by atoms with E-state index in [0.29, 0.717) is 12.8 Å². The van der Waals surface area contributed by atoms with Crippen LogP contribution < -0.4 is 5.43 Å². The van der Waals surface area contributed by atoms with Gasteiger partial charge < -0.3 is 5.11 Å². The van der Waals surface area contributed by atoms with E-state index in [1.54, 1.807) is 6.07 Å². The van der Waals surface area contributed by atoms with Crippen LogP contribution in [0.15, 0.2) is 29.4 Å². The number of nitrogens with one attached hydrogen (secondary N) is 1. The minimum absolute atomic E-state index is 0.0596. The highest BCUT2D eigenvalue weighted by atomic mass is 16.6. The summed E-state index contributed by atoms with van der Waals surface area (Å²) in [7, 11) is 0. The number of anilines is 1. The van der Waals surface area contributed by atoms with Crippen molar-refractivity contribution < 1.29 is 14.8 Å². The molecule has 0 saturated heterocycles. The lowest BCUT2D eigenvalue weighted by Gasteiger charge is -2.03. The summed E-state index contributed by atoms with van der Waals surface area (Å²) in [6.45, 7) is 1.82. The van der Waals surface area contributed by atoms with Crippen LogP contribution in [0.1, 0.15) is 19.8 Å². The number of nitro groups is 1. The van der Waals surface area contributed by atoms with E-state index in [1.165, 1.54) is 18.2 Å². The van der Waals surface area contributed by atoms with Gasteiger partial charge >= 0.3 is 5.97 Å². The Hall–Kier alpha value is -2.44. The van der Waals surface area contributed by atoms with Crippen LogP contribution in [0.25, 0.3) is 0 Å². The van der Waals surface area contributed by atoms with E-state index in [4.69, 9.17) is 5.11 Å². The number of benzene rings is 1. The number of carboxylic acids is 1. The minimum Gasteiger partial charge on any atom is -0.477 e. The van der Waals surface area contributed by atoms with Crippen LogP contribution in [0.5, 0.6) is 0 Å². The fourth-order valence-electron chi connectivity index (χ4n) is 1.30. The molecule has 0 aromatic heterocycles. The Kier molecular flexibility index (Phi) is 4.79. The maximum absolute atomic E-state index is 10.8. The van der Waals surface area contributed by atoms with Gasteiger partial charge in [0.05, 0.1) is 4.92 Å².